The molecule has 0 radical (unpaired) electrons. The first-order valence-electron chi connectivity index (χ1n) is 5.58. The Labute approximate surface area is 106 Å². The molecule has 0 saturated carbocycles. The van der Waals surface area contributed by atoms with E-state index in [0.29, 0.717) is 11.6 Å². The van der Waals surface area contributed by atoms with E-state index in [4.69, 9.17) is 15.2 Å². The molecule has 2 N–H and O–H groups in total. The summed E-state index contributed by atoms with van der Waals surface area (Å²) >= 11 is 0. The van der Waals surface area contributed by atoms with Crippen LogP contribution in [-0.2, 0) is 0 Å². The number of ether oxygens (including phenoxy) is 2. The third kappa shape index (κ3) is 2.95. The van der Waals surface area contributed by atoms with Gasteiger partial charge in [-0.1, -0.05) is 0 Å². The predicted octanol–water partition coefficient (Wildman–Crippen LogP) is 1.84. The first-order chi connectivity index (χ1) is 8.69. The molecule has 1 heterocycles. The molecule has 0 aliphatic heterocycles. The average Bonchev–Trinajstić information content (AvgIpc) is 2.39. The second-order valence-corrected chi connectivity index (χ2v) is 3.79. The van der Waals surface area contributed by atoms with Crippen molar-refractivity contribution in [2.45, 2.75) is 13.2 Å². The molecule has 5 nitrogen and oxygen atoms in total. The number of nitrogens with zero attached hydrogens (tertiary/aromatic N) is 2. The highest BCUT2D eigenvalue weighted by Crippen LogP contribution is 2.20. The van der Waals surface area contributed by atoms with Gasteiger partial charge in [0.15, 0.2) is 11.6 Å². The second-order valence-electron chi connectivity index (χ2n) is 3.79. The van der Waals surface area contributed by atoms with Crippen LogP contribution in [-0.4, -0.2) is 23.3 Å². The molecule has 0 bridgehead atoms. The summed E-state index contributed by atoms with van der Waals surface area (Å²) in [5.74, 6) is 1.99. The number of rotatable bonds is 4. The number of hydrogen-bond donors (Lipinski definition) is 1. The van der Waals surface area contributed by atoms with Crippen molar-refractivity contribution in [1.82, 2.24) is 9.97 Å². The number of aromatic nitrogens is 2. The Morgan fingerprint density at radius 1 is 1.06 bits per heavy atom. The summed E-state index contributed by atoms with van der Waals surface area (Å²) in [5, 5.41) is 0. The maximum absolute atomic E-state index is 5.51. The maximum atomic E-state index is 5.51. The van der Waals surface area contributed by atoms with Crippen LogP contribution in [0.15, 0.2) is 36.7 Å². The van der Waals surface area contributed by atoms with Crippen LogP contribution in [0, 0.1) is 0 Å². The molecule has 1 aromatic carbocycles. The van der Waals surface area contributed by atoms with E-state index < -0.39 is 0 Å². The van der Waals surface area contributed by atoms with E-state index in [2.05, 4.69) is 9.97 Å². The molecule has 94 valence electrons. The molecule has 5 heteroatoms. The fourth-order valence-corrected chi connectivity index (χ4v) is 1.48. The van der Waals surface area contributed by atoms with Gasteiger partial charge in [-0.3, -0.25) is 5.73 Å². The lowest BCUT2D eigenvalue weighted by molar-refractivity contribution is 0.228. The van der Waals surface area contributed by atoms with E-state index in [9.17, 15) is 0 Å². The van der Waals surface area contributed by atoms with E-state index in [0.717, 1.165) is 11.3 Å². The third-order valence-corrected chi connectivity index (χ3v) is 2.30. The van der Waals surface area contributed by atoms with Gasteiger partial charge in [-0.25, -0.2) is 9.97 Å². The smallest absolute Gasteiger partial charge is 0.159 e. The average molecular weight is 245 g/mol. The number of benzene rings is 1. The monoisotopic (exact) mass is 245 g/mol. The van der Waals surface area contributed by atoms with Crippen LogP contribution in [0.25, 0.3) is 11.4 Å². The summed E-state index contributed by atoms with van der Waals surface area (Å²) in [6.45, 7) is 1.75. The van der Waals surface area contributed by atoms with Crippen LogP contribution in [0.5, 0.6) is 11.5 Å². The maximum Gasteiger partial charge on any atom is 0.159 e. The fraction of sp³-hybridized carbons (Fsp3) is 0.231. The Kier molecular flexibility index (Phi) is 3.74. The topological polar surface area (TPSA) is 70.3 Å². The third-order valence-electron chi connectivity index (χ3n) is 2.30. The van der Waals surface area contributed by atoms with Crippen LogP contribution in [0.1, 0.15) is 6.92 Å². The molecule has 1 aromatic heterocycles. The van der Waals surface area contributed by atoms with Gasteiger partial charge in [-0.05, 0) is 31.2 Å². The van der Waals surface area contributed by atoms with Gasteiger partial charge in [-0.15, -0.1) is 0 Å². The van der Waals surface area contributed by atoms with Crippen molar-refractivity contribution in [2.75, 3.05) is 7.11 Å². The molecule has 1 unspecified atom stereocenters. The summed E-state index contributed by atoms with van der Waals surface area (Å²) < 4.78 is 10.4. The zero-order chi connectivity index (χ0) is 13.0. The quantitative estimate of drug-likeness (QED) is 0.832. The largest absolute Gasteiger partial charge is 0.497 e. The summed E-state index contributed by atoms with van der Waals surface area (Å²) in [6, 6.07) is 7.54. The highest BCUT2D eigenvalue weighted by molar-refractivity contribution is 5.56. The van der Waals surface area contributed by atoms with Crippen molar-refractivity contribution < 1.29 is 9.47 Å². The Morgan fingerprint density at radius 2 is 1.67 bits per heavy atom. The Hall–Kier alpha value is -2.14. The molecule has 0 fully saturated rings. The summed E-state index contributed by atoms with van der Waals surface area (Å²) in [4.78, 5) is 8.45. The normalized spacial score (nSPS) is 11.9. The Balaban J connectivity index is 2.17. The van der Waals surface area contributed by atoms with Crippen molar-refractivity contribution in [2.24, 2.45) is 5.73 Å². The van der Waals surface area contributed by atoms with E-state index in [1.807, 2.05) is 24.3 Å². The molecule has 0 spiro atoms. The van der Waals surface area contributed by atoms with Gasteiger partial charge in [0.25, 0.3) is 0 Å². The summed E-state index contributed by atoms with van der Waals surface area (Å²) in [6.07, 6.45) is 2.84. The van der Waals surface area contributed by atoms with Crippen LogP contribution >= 0.6 is 0 Å². The molecule has 0 aliphatic carbocycles. The first kappa shape index (κ1) is 12.3. The predicted molar refractivity (Wildman–Crippen MR) is 68.3 cm³/mol. The fourth-order valence-electron chi connectivity index (χ4n) is 1.48. The number of methoxy groups -OCH3 is 1. The van der Waals surface area contributed by atoms with Crippen LogP contribution < -0.4 is 15.2 Å². The van der Waals surface area contributed by atoms with Gasteiger partial charge in [0.05, 0.1) is 19.5 Å². The standard InChI is InChI=1S/C13H15N3O2/c1-9(14)18-12-7-15-13(16-8-12)10-3-5-11(17-2)6-4-10/h3-9H,14H2,1-2H3. The molecule has 2 aromatic rings. The molecule has 2 rings (SSSR count). The lowest BCUT2D eigenvalue weighted by Gasteiger charge is -2.08. The van der Waals surface area contributed by atoms with Crippen LogP contribution in [0.3, 0.4) is 0 Å². The summed E-state index contributed by atoms with van der Waals surface area (Å²) in [7, 11) is 1.63. The minimum atomic E-state index is -0.375. The minimum Gasteiger partial charge on any atom is -0.497 e. The van der Waals surface area contributed by atoms with Crippen molar-refractivity contribution in [3.63, 3.8) is 0 Å². The van der Waals surface area contributed by atoms with Crippen LogP contribution in [0.4, 0.5) is 0 Å². The first-order valence-corrected chi connectivity index (χ1v) is 5.58. The lowest BCUT2D eigenvalue weighted by Crippen LogP contribution is -2.22. The SMILES string of the molecule is COc1ccc(-c2ncc(OC(C)N)cn2)cc1. The van der Waals surface area contributed by atoms with Crippen LogP contribution in [0.2, 0.25) is 0 Å². The van der Waals surface area contributed by atoms with E-state index in [-0.39, 0.29) is 6.23 Å². The van der Waals surface area contributed by atoms with Crippen molar-refractivity contribution in [3.8, 4) is 22.9 Å². The lowest BCUT2D eigenvalue weighted by atomic mass is 10.2. The zero-order valence-corrected chi connectivity index (χ0v) is 10.3. The van der Waals surface area contributed by atoms with Gasteiger partial charge >= 0.3 is 0 Å². The molecule has 0 aliphatic rings. The molecule has 0 amide bonds. The minimum absolute atomic E-state index is 0.375. The highest BCUT2D eigenvalue weighted by atomic mass is 16.5. The Morgan fingerprint density at radius 3 is 2.17 bits per heavy atom. The molecule has 18 heavy (non-hydrogen) atoms. The molecular weight excluding hydrogens is 230 g/mol. The molecule has 0 saturated heterocycles. The van der Waals surface area contributed by atoms with Crippen molar-refractivity contribution in [1.29, 1.82) is 0 Å². The number of nitrogens with two attached hydrogens (primary N) is 1. The summed E-state index contributed by atoms with van der Waals surface area (Å²) in [5.41, 5.74) is 6.43. The second kappa shape index (κ2) is 5.46. The molecule has 1 atom stereocenters. The van der Waals surface area contributed by atoms with E-state index in [1.165, 1.54) is 0 Å². The van der Waals surface area contributed by atoms with E-state index in [1.54, 1.807) is 26.4 Å². The van der Waals surface area contributed by atoms with Gasteiger partial charge in [0, 0.05) is 5.56 Å². The van der Waals surface area contributed by atoms with Gasteiger partial charge < -0.3 is 9.47 Å². The highest BCUT2D eigenvalue weighted by Gasteiger charge is 2.03. The zero-order valence-electron chi connectivity index (χ0n) is 10.3. The molecular formula is C13H15N3O2. The van der Waals surface area contributed by atoms with E-state index >= 15 is 0 Å². The number of hydrogen-bond acceptors (Lipinski definition) is 5. The van der Waals surface area contributed by atoms with Crippen molar-refractivity contribution >= 4 is 0 Å². The Bertz CT molecular complexity index is 495. The van der Waals surface area contributed by atoms with Gasteiger partial charge in [-0.2, -0.15) is 0 Å². The van der Waals surface area contributed by atoms with Gasteiger partial charge in [0.1, 0.15) is 12.0 Å². The van der Waals surface area contributed by atoms with Crippen molar-refractivity contribution in [3.05, 3.63) is 36.7 Å². The van der Waals surface area contributed by atoms with Gasteiger partial charge in [0.2, 0.25) is 0 Å².